The first-order valence-electron chi connectivity index (χ1n) is 8.19. The number of methoxy groups -OCH3 is 1. The Morgan fingerprint density at radius 2 is 2.12 bits per heavy atom. The van der Waals surface area contributed by atoms with Crippen LogP contribution in [-0.4, -0.2) is 41.8 Å². The molecule has 3 rings (SSSR count). The van der Waals surface area contributed by atoms with E-state index in [9.17, 15) is 4.79 Å². The molecule has 2 aromatic rings. The van der Waals surface area contributed by atoms with Gasteiger partial charge < -0.3 is 20.1 Å². The van der Waals surface area contributed by atoms with Gasteiger partial charge in [0.25, 0.3) is 0 Å². The first-order valence-corrected chi connectivity index (χ1v) is 9.00. The predicted octanol–water partition coefficient (Wildman–Crippen LogP) is 3.91. The topological polar surface area (TPSA) is 77.7 Å². The maximum absolute atomic E-state index is 12.2. The van der Waals surface area contributed by atoms with Crippen molar-refractivity contribution >= 4 is 38.4 Å². The number of ether oxygens (including phenoxy) is 2. The van der Waals surface area contributed by atoms with Gasteiger partial charge in [-0.3, -0.25) is 0 Å². The molecule has 0 aliphatic carbocycles. The molecular formula is C18H23N3O3S. The van der Waals surface area contributed by atoms with Crippen LogP contribution < -0.4 is 10.5 Å². The largest absolute Gasteiger partial charge is 0.494 e. The highest BCUT2D eigenvalue weighted by molar-refractivity contribution is 7.22. The number of hydrogen-bond donors (Lipinski definition) is 1. The van der Waals surface area contributed by atoms with Crippen molar-refractivity contribution in [3.05, 3.63) is 23.8 Å². The number of anilines is 1. The number of benzene rings is 1. The minimum Gasteiger partial charge on any atom is -0.494 e. The van der Waals surface area contributed by atoms with Crippen LogP contribution in [0.1, 0.15) is 32.8 Å². The summed E-state index contributed by atoms with van der Waals surface area (Å²) < 4.78 is 11.8. The van der Waals surface area contributed by atoms with Crippen LogP contribution in [0.3, 0.4) is 0 Å². The van der Waals surface area contributed by atoms with Crippen LogP contribution in [0, 0.1) is 0 Å². The molecular weight excluding hydrogens is 338 g/mol. The van der Waals surface area contributed by atoms with E-state index in [1.54, 1.807) is 12.0 Å². The molecule has 2 heterocycles. The fourth-order valence-electron chi connectivity index (χ4n) is 2.82. The molecule has 0 atom stereocenters. The summed E-state index contributed by atoms with van der Waals surface area (Å²) in [5, 5.41) is 0.521. The van der Waals surface area contributed by atoms with E-state index in [0.29, 0.717) is 18.2 Å². The Labute approximate surface area is 151 Å². The zero-order valence-corrected chi connectivity index (χ0v) is 15.8. The van der Waals surface area contributed by atoms with E-state index in [1.165, 1.54) is 16.9 Å². The number of nitrogens with zero attached hydrogens (tertiary/aromatic N) is 2. The first kappa shape index (κ1) is 17.5. The number of fused-ring (bicyclic) bond motifs is 1. The second-order valence-corrected chi connectivity index (χ2v) is 7.98. The lowest BCUT2D eigenvalue weighted by Gasteiger charge is -2.29. The summed E-state index contributed by atoms with van der Waals surface area (Å²) in [4.78, 5) is 18.3. The number of rotatable bonds is 2. The lowest BCUT2D eigenvalue weighted by atomic mass is 9.99. The lowest BCUT2D eigenvalue weighted by Crippen LogP contribution is -2.39. The van der Waals surface area contributed by atoms with Crippen LogP contribution in [0.4, 0.5) is 9.93 Å². The number of nitrogen functional groups attached to an aromatic ring is 1. The molecule has 7 heteroatoms. The summed E-state index contributed by atoms with van der Waals surface area (Å²) in [6.45, 7) is 6.78. The zero-order chi connectivity index (χ0) is 18.2. The Hall–Kier alpha value is -2.28. The second kappa shape index (κ2) is 6.55. The highest BCUT2D eigenvalue weighted by Gasteiger charge is 2.25. The van der Waals surface area contributed by atoms with Crippen molar-refractivity contribution < 1.29 is 14.3 Å². The monoisotopic (exact) mass is 361 g/mol. The average molecular weight is 361 g/mol. The van der Waals surface area contributed by atoms with Crippen LogP contribution in [0.25, 0.3) is 15.8 Å². The summed E-state index contributed by atoms with van der Waals surface area (Å²) in [7, 11) is 1.63. The molecule has 0 spiro atoms. The van der Waals surface area contributed by atoms with Crippen LogP contribution in [-0.2, 0) is 4.74 Å². The molecule has 25 heavy (non-hydrogen) atoms. The van der Waals surface area contributed by atoms with Gasteiger partial charge in [0.15, 0.2) is 5.13 Å². The normalized spacial score (nSPS) is 15.2. The van der Waals surface area contributed by atoms with Gasteiger partial charge in [0.1, 0.15) is 16.9 Å². The summed E-state index contributed by atoms with van der Waals surface area (Å²) >= 11 is 1.46. The van der Waals surface area contributed by atoms with Gasteiger partial charge in [0.05, 0.1) is 11.8 Å². The molecule has 1 aromatic carbocycles. The van der Waals surface area contributed by atoms with Gasteiger partial charge in [-0.05, 0) is 50.5 Å². The van der Waals surface area contributed by atoms with E-state index in [1.807, 2.05) is 32.9 Å². The smallest absolute Gasteiger partial charge is 0.410 e. The summed E-state index contributed by atoms with van der Waals surface area (Å²) in [6.07, 6.45) is 2.56. The number of hydrogen-bond acceptors (Lipinski definition) is 6. The minimum absolute atomic E-state index is 0.273. The third kappa shape index (κ3) is 3.71. The van der Waals surface area contributed by atoms with E-state index < -0.39 is 5.60 Å². The number of aromatic nitrogens is 1. The zero-order valence-electron chi connectivity index (χ0n) is 15.0. The highest BCUT2D eigenvalue weighted by Crippen LogP contribution is 2.38. The fraction of sp³-hybridized carbons (Fsp3) is 0.444. The van der Waals surface area contributed by atoms with Gasteiger partial charge in [-0.25, -0.2) is 9.78 Å². The van der Waals surface area contributed by atoms with E-state index in [0.717, 1.165) is 28.0 Å². The number of carbonyl (C=O) groups excluding carboxylic acids is 1. The molecule has 1 aromatic heterocycles. The average Bonchev–Trinajstić information content (AvgIpc) is 2.93. The summed E-state index contributed by atoms with van der Waals surface area (Å²) in [6, 6.07) is 3.95. The second-order valence-electron chi connectivity index (χ2n) is 6.95. The Kier molecular flexibility index (Phi) is 4.60. The van der Waals surface area contributed by atoms with Gasteiger partial charge in [0, 0.05) is 13.1 Å². The van der Waals surface area contributed by atoms with Crippen molar-refractivity contribution in [2.75, 3.05) is 25.9 Å². The van der Waals surface area contributed by atoms with Crippen molar-refractivity contribution in [2.45, 2.75) is 32.8 Å². The van der Waals surface area contributed by atoms with Crippen LogP contribution in [0.15, 0.2) is 18.2 Å². The van der Waals surface area contributed by atoms with Crippen molar-refractivity contribution in [2.24, 2.45) is 0 Å². The molecule has 0 bridgehead atoms. The Morgan fingerprint density at radius 3 is 2.72 bits per heavy atom. The Bertz CT molecular complexity index is 836. The number of nitrogens with two attached hydrogens (primary N) is 1. The van der Waals surface area contributed by atoms with Crippen molar-refractivity contribution in [3.63, 3.8) is 0 Å². The predicted molar refractivity (Wildman–Crippen MR) is 101 cm³/mol. The fourth-order valence-corrected chi connectivity index (χ4v) is 3.72. The number of amides is 1. The Morgan fingerprint density at radius 1 is 1.36 bits per heavy atom. The lowest BCUT2D eigenvalue weighted by molar-refractivity contribution is 0.0270. The van der Waals surface area contributed by atoms with Crippen molar-refractivity contribution in [3.8, 4) is 5.75 Å². The highest BCUT2D eigenvalue weighted by atomic mass is 32.1. The van der Waals surface area contributed by atoms with E-state index in [2.05, 4.69) is 11.1 Å². The Balaban J connectivity index is 1.85. The van der Waals surface area contributed by atoms with Crippen LogP contribution in [0.2, 0.25) is 0 Å². The van der Waals surface area contributed by atoms with E-state index in [4.69, 9.17) is 15.2 Å². The molecule has 0 radical (unpaired) electrons. The quantitative estimate of drug-likeness (QED) is 0.877. The van der Waals surface area contributed by atoms with Crippen LogP contribution in [0.5, 0.6) is 5.75 Å². The summed E-state index contributed by atoms with van der Waals surface area (Å²) in [5.74, 6) is 0.721. The first-order chi connectivity index (χ1) is 11.8. The molecule has 0 fully saturated rings. The van der Waals surface area contributed by atoms with Crippen molar-refractivity contribution in [1.82, 2.24) is 9.88 Å². The van der Waals surface area contributed by atoms with Gasteiger partial charge >= 0.3 is 6.09 Å². The summed E-state index contributed by atoms with van der Waals surface area (Å²) in [5.41, 5.74) is 8.50. The molecule has 2 N–H and O–H groups in total. The SMILES string of the molecule is COc1ccc(C2=CCN(C(=O)OC(C)(C)C)CC2)c2sc(N)nc12. The minimum atomic E-state index is -0.483. The molecule has 1 aliphatic rings. The van der Waals surface area contributed by atoms with Gasteiger partial charge in [-0.1, -0.05) is 17.4 Å². The maximum Gasteiger partial charge on any atom is 0.410 e. The van der Waals surface area contributed by atoms with Crippen molar-refractivity contribution in [1.29, 1.82) is 0 Å². The standard InChI is InChI=1S/C18H23N3O3S/c1-18(2,3)24-17(22)21-9-7-11(8-10-21)12-5-6-13(23-4)14-15(12)25-16(19)20-14/h5-7H,8-10H2,1-4H3,(H2,19,20). The molecule has 6 nitrogen and oxygen atoms in total. The molecule has 0 saturated carbocycles. The third-order valence-corrected chi connectivity index (χ3v) is 4.87. The van der Waals surface area contributed by atoms with E-state index in [-0.39, 0.29) is 6.09 Å². The molecule has 1 aliphatic heterocycles. The van der Waals surface area contributed by atoms with E-state index >= 15 is 0 Å². The third-order valence-electron chi connectivity index (χ3n) is 3.95. The molecule has 0 saturated heterocycles. The molecule has 0 unspecified atom stereocenters. The molecule has 134 valence electrons. The van der Waals surface area contributed by atoms with Gasteiger partial charge in [0.2, 0.25) is 0 Å². The number of carbonyl (C=O) groups is 1. The van der Waals surface area contributed by atoms with Gasteiger partial charge in [-0.15, -0.1) is 0 Å². The van der Waals surface area contributed by atoms with Gasteiger partial charge in [-0.2, -0.15) is 0 Å². The maximum atomic E-state index is 12.2. The molecule has 1 amide bonds. The number of thiazole rings is 1. The van der Waals surface area contributed by atoms with Crippen LogP contribution >= 0.6 is 11.3 Å².